The highest BCUT2D eigenvalue weighted by atomic mass is 19.1. The number of fused-ring (bicyclic) bond motifs is 1. The lowest BCUT2D eigenvalue weighted by Gasteiger charge is -2.37. The summed E-state index contributed by atoms with van der Waals surface area (Å²) in [5.41, 5.74) is 0.605. The van der Waals surface area contributed by atoms with Crippen molar-refractivity contribution in [1.82, 2.24) is 9.80 Å². The predicted molar refractivity (Wildman–Crippen MR) is 71.8 cm³/mol. The smallest absolute Gasteiger partial charge is 0.256 e. The van der Waals surface area contributed by atoms with E-state index in [0.29, 0.717) is 31.6 Å². The van der Waals surface area contributed by atoms with Crippen LogP contribution in [-0.4, -0.2) is 47.3 Å². The number of nitrogens with zero attached hydrogens (tertiary/aromatic N) is 2. The van der Waals surface area contributed by atoms with Crippen LogP contribution in [0.15, 0.2) is 18.2 Å². The van der Waals surface area contributed by atoms with Crippen molar-refractivity contribution >= 4 is 11.8 Å². The molecule has 4 nitrogen and oxygen atoms in total. The highest BCUT2D eigenvalue weighted by molar-refractivity contribution is 5.95. The highest BCUT2D eigenvalue weighted by Gasteiger charge is 2.37. The number of carbonyl (C=O) groups excluding carboxylic acids is 2. The first-order valence-corrected chi connectivity index (χ1v) is 6.92. The van der Waals surface area contributed by atoms with Crippen molar-refractivity contribution in [2.75, 3.05) is 19.6 Å². The van der Waals surface area contributed by atoms with Gasteiger partial charge in [-0.3, -0.25) is 9.59 Å². The molecule has 2 fully saturated rings. The van der Waals surface area contributed by atoms with Gasteiger partial charge < -0.3 is 9.80 Å². The predicted octanol–water partition coefficient (Wildman–Crippen LogP) is 1.58. The zero-order valence-corrected chi connectivity index (χ0v) is 11.4. The first-order chi connectivity index (χ1) is 9.58. The third-order valence-corrected chi connectivity index (χ3v) is 4.20. The fourth-order valence-electron chi connectivity index (χ4n) is 3.03. The molecular weight excluding hydrogens is 259 g/mol. The average molecular weight is 276 g/mol. The van der Waals surface area contributed by atoms with Crippen LogP contribution in [0.1, 0.15) is 28.8 Å². The maximum atomic E-state index is 14.0. The second-order valence-corrected chi connectivity index (χ2v) is 5.47. The maximum Gasteiger partial charge on any atom is 0.256 e. The Morgan fingerprint density at radius 2 is 2.15 bits per heavy atom. The van der Waals surface area contributed by atoms with Gasteiger partial charge in [0.25, 0.3) is 5.91 Å². The molecule has 1 atom stereocenters. The highest BCUT2D eigenvalue weighted by Crippen LogP contribution is 2.24. The van der Waals surface area contributed by atoms with Gasteiger partial charge in [-0.15, -0.1) is 0 Å². The number of carbonyl (C=O) groups is 2. The molecule has 5 heteroatoms. The van der Waals surface area contributed by atoms with Gasteiger partial charge in [-0.25, -0.2) is 4.39 Å². The second kappa shape index (κ2) is 4.89. The van der Waals surface area contributed by atoms with E-state index in [4.69, 9.17) is 0 Å². The lowest BCUT2D eigenvalue weighted by atomic mass is 10.1. The van der Waals surface area contributed by atoms with Crippen molar-refractivity contribution in [3.63, 3.8) is 0 Å². The average Bonchev–Trinajstić information content (AvgIpc) is 2.82. The topological polar surface area (TPSA) is 40.6 Å². The first-order valence-electron chi connectivity index (χ1n) is 6.92. The fraction of sp³-hybridized carbons (Fsp3) is 0.467. The molecule has 1 aromatic carbocycles. The normalized spacial score (nSPS) is 22.1. The van der Waals surface area contributed by atoms with Gasteiger partial charge in [0.1, 0.15) is 5.82 Å². The summed E-state index contributed by atoms with van der Waals surface area (Å²) in [6, 6.07) is 4.98. The van der Waals surface area contributed by atoms with E-state index in [2.05, 4.69) is 0 Å². The van der Waals surface area contributed by atoms with Crippen LogP contribution in [0.5, 0.6) is 0 Å². The number of halogens is 1. The number of hydrogen-bond donors (Lipinski definition) is 0. The van der Waals surface area contributed by atoms with E-state index in [1.807, 2.05) is 4.90 Å². The third-order valence-electron chi connectivity index (χ3n) is 4.20. The zero-order valence-electron chi connectivity index (χ0n) is 11.4. The molecule has 0 N–H and O–H groups in total. The van der Waals surface area contributed by atoms with Crippen molar-refractivity contribution in [2.24, 2.45) is 0 Å². The van der Waals surface area contributed by atoms with Gasteiger partial charge in [-0.05, 0) is 25.0 Å². The number of rotatable bonds is 1. The molecule has 0 spiro atoms. The Balaban J connectivity index is 1.79. The van der Waals surface area contributed by atoms with E-state index < -0.39 is 5.82 Å². The summed E-state index contributed by atoms with van der Waals surface area (Å²) in [7, 11) is 0. The molecule has 0 saturated carbocycles. The minimum absolute atomic E-state index is 0.105. The Morgan fingerprint density at radius 1 is 1.35 bits per heavy atom. The van der Waals surface area contributed by atoms with Crippen LogP contribution in [0, 0.1) is 12.7 Å². The van der Waals surface area contributed by atoms with Crippen LogP contribution < -0.4 is 0 Å². The van der Waals surface area contributed by atoms with Crippen LogP contribution >= 0.6 is 0 Å². The molecule has 2 heterocycles. The molecule has 0 aromatic heterocycles. The summed E-state index contributed by atoms with van der Waals surface area (Å²) in [4.78, 5) is 27.5. The van der Waals surface area contributed by atoms with Crippen LogP contribution in [0.2, 0.25) is 0 Å². The van der Waals surface area contributed by atoms with Gasteiger partial charge >= 0.3 is 0 Å². The molecule has 20 heavy (non-hydrogen) atoms. The minimum atomic E-state index is -0.442. The van der Waals surface area contributed by atoms with Gasteiger partial charge in [0.15, 0.2) is 0 Å². The maximum absolute atomic E-state index is 14.0. The third kappa shape index (κ3) is 2.07. The van der Waals surface area contributed by atoms with Crippen molar-refractivity contribution < 1.29 is 14.0 Å². The first kappa shape index (κ1) is 13.1. The molecule has 0 bridgehead atoms. The van der Waals surface area contributed by atoms with E-state index in [1.165, 1.54) is 6.07 Å². The summed E-state index contributed by atoms with van der Waals surface area (Å²) in [6.45, 7) is 3.20. The Labute approximate surface area is 117 Å². The summed E-state index contributed by atoms with van der Waals surface area (Å²) in [6.07, 6.45) is 1.35. The molecule has 3 rings (SSSR count). The summed E-state index contributed by atoms with van der Waals surface area (Å²) in [5, 5.41) is 0. The Bertz CT molecular complexity index is 573. The molecule has 2 aliphatic heterocycles. The minimum Gasteiger partial charge on any atom is -0.336 e. The quantitative estimate of drug-likeness (QED) is 0.781. The molecule has 2 saturated heterocycles. The van der Waals surface area contributed by atoms with E-state index in [-0.39, 0.29) is 23.4 Å². The lowest BCUT2D eigenvalue weighted by molar-refractivity contribution is -0.130. The molecule has 0 radical (unpaired) electrons. The number of aryl methyl sites for hydroxylation is 1. The van der Waals surface area contributed by atoms with Gasteiger partial charge in [0.2, 0.25) is 5.91 Å². The number of amides is 2. The Morgan fingerprint density at radius 3 is 2.95 bits per heavy atom. The summed E-state index contributed by atoms with van der Waals surface area (Å²) in [5.74, 6) is -0.545. The van der Waals surface area contributed by atoms with Crippen LogP contribution in [0.3, 0.4) is 0 Å². The van der Waals surface area contributed by atoms with Crippen LogP contribution in [0.4, 0.5) is 4.39 Å². The van der Waals surface area contributed by atoms with Crippen molar-refractivity contribution in [2.45, 2.75) is 25.8 Å². The standard InChI is InChI=1S/C15H17FN2O2/c1-10-3-2-4-12(14(10)16)15(20)17-7-8-18-11(9-17)5-6-13(18)19/h2-4,11H,5-9H2,1H3. The monoisotopic (exact) mass is 276 g/mol. The zero-order chi connectivity index (χ0) is 14.3. The number of hydrogen-bond acceptors (Lipinski definition) is 2. The van der Waals surface area contributed by atoms with Gasteiger partial charge in [0.05, 0.1) is 5.56 Å². The number of piperazine rings is 1. The van der Waals surface area contributed by atoms with E-state index >= 15 is 0 Å². The van der Waals surface area contributed by atoms with Crippen molar-refractivity contribution in [1.29, 1.82) is 0 Å². The summed E-state index contributed by atoms with van der Waals surface area (Å²) >= 11 is 0. The van der Waals surface area contributed by atoms with E-state index in [1.54, 1.807) is 24.0 Å². The van der Waals surface area contributed by atoms with Gasteiger partial charge in [-0.2, -0.15) is 0 Å². The second-order valence-electron chi connectivity index (χ2n) is 5.47. The molecule has 2 amide bonds. The Kier molecular flexibility index (Phi) is 3.20. The van der Waals surface area contributed by atoms with Crippen molar-refractivity contribution in [3.8, 4) is 0 Å². The molecule has 2 aliphatic rings. The lowest BCUT2D eigenvalue weighted by Crippen LogP contribution is -2.53. The molecular formula is C15H17FN2O2. The van der Waals surface area contributed by atoms with Crippen LogP contribution in [-0.2, 0) is 4.79 Å². The largest absolute Gasteiger partial charge is 0.336 e. The van der Waals surface area contributed by atoms with E-state index in [0.717, 1.165) is 6.42 Å². The van der Waals surface area contributed by atoms with Gasteiger partial charge in [-0.1, -0.05) is 12.1 Å². The Hall–Kier alpha value is -1.91. The SMILES string of the molecule is Cc1cccc(C(=O)N2CCN3C(=O)CCC3C2)c1F. The van der Waals surface area contributed by atoms with Crippen LogP contribution in [0.25, 0.3) is 0 Å². The molecule has 1 aromatic rings. The number of benzene rings is 1. The molecule has 1 unspecified atom stereocenters. The summed E-state index contributed by atoms with van der Waals surface area (Å²) < 4.78 is 14.0. The van der Waals surface area contributed by atoms with Gasteiger partial charge in [0, 0.05) is 32.1 Å². The van der Waals surface area contributed by atoms with Crippen molar-refractivity contribution in [3.05, 3.63) is 35.1 Å². The van der Waals surface area contributed by atoms with E-state index in [9.17, 15) is 14.0 Å². The molecule has 0 aliphatic carbocycles. The molecule has 106 valence electrons. The fourth-order valence-corrected chi connectivity index (χ4v) is 3.03.